The van der Waals surface area contributed by atoms with Crippen molar-refractivity contribution in [1.29, 1.82) is 0 Å². The number of amides is 2. The lowest BCUT2D eigenvalue weighted by molar-refractivity contribution is 0.206. The van der Waals surface area contributed by atoms with Crippen LogP contribution < -0.4 is 5.32 Å². The summed E-state index contributed by atoms with van der Waals surface area (Å²) in [5, 5.41) is 3.72. The van der Waals surface area contributed by atoms with Gasteiger partial charge in [-0.1, -0.05) is 23.2 Å². The number of fused-ring (bicyclic) bond motifs is 1. The topological polar surface area (TPSA) is 45.2 Å². The number of urea groups is 1. The summed E-state index contributed by atoms with van der Waals surface area (Å²) in [6, 6.07) is 6.88. The van der Waals surface area contributed by atoms with Gasteiger partial charge in [0, 0.05) is 31.2 Å². The third-order valence-corrected chi connectivity index (χ3v) is 4.21. The van der Waals surface area contributed by atoms with E-state index >= 15 is 0 Å². The number of anilines is 1. The summed E-state index contributed by atoms with van der Waals surface area (Å²) < 4.78 is 0. The Morgan fingerprint density at radius 2 is 2.05 bits per heavy atom. The quantitative estimate of drug-likeness (QED) is 0.863. The number of nitrogens with one attached hydrogen (secondary N) is 1. The summed E-state index contributed by atoms with van der Waals surface area (Å²) >= 11 is 11.8. The number of carbonyl (C=O) groups is 1. The van der Waals surface area contributed by atoms with Crippen molar-refractivity contribution in [3.8, 4) is 0 Å². The molecule has 1 aromatic carbocycles. The van der Waals surface area contributed by atoms with Crippen molar-refractivity contribution in [1.82, 2.24) is 9.88 Å². The van der Waals surface area contributed by atoms with Crippen molar-refractivity contribution < 1.29 is 4.79 Å². The first kappa shape index (κ1) is 14.2. The first-order chi connectivity index (χ1) is 10.1. The van der Waals surface area contributed by atoms with E-state index in [1.165, 1.54) is 5.56 Å². The number of halogens is 2. The van der Waals surface area contributed by atoms with Gasteiger partial charge in [0.25, 0.3) is 0 Å². The van der Waals surface area contributed by atoms with Crippen LogP contribution in [-0.2, 0) is 13.0 Å². The minimum absolute atomic E-state index is 0.150. The average Bonchev–Trinajstić information content (AvgIpc) is 2.50. The fraction of sp³-hybridized carbons (Fsp3) is 0.200. The van der Waals surface area contributed by atoms with Gasteiger partial charge in [-0.3, -0.25) is 4.98 Å². The molecule has 6 heteroatoms. The van der Waals surface area contributed by atoms with Gasteiger partial charge in [-0.05, 0) is 41.8 Å². The van der Waals surface area contributed by atoms with Gasteiger partial charge in [0.1, 0.15) is 0 Å². The number of hydrogen-bond donors (Lipinski definition) is 1. The minimum atomic E-state index is -0.150. The number of aromatic nitrogens is 1. The van der Waals surface area contributed by atoms with E-state index in [0.29, 0.717) is 28.8 Å². The van der Waals surface area contributed by atoms with Crippen LogP contribution in [0.15, 0.2) is 36.7 Å². The van der Waals surface area contributed by atoms with Crippen LogP contribution in [0.1, 0.15) is 11.1 Å². The fourth-order valence-corrected chi connectivity index (χ4v) is 2.63. The van der Waals surface area contributed by atoms with Crippen LogP contribution in [0.25, 0.3) is 0 Å². The number of benzene rings is 1. The number of hydrogen-bond acceptors (Lipinski definition) is 2. The third kappa shape index (κ3) is 3.12. The highest BCUT2D eigenvalue weighted by atomic mass is 35.5. The highest BCUT2D eigenvalue weighted by Crippen LogP contribution is 2.25. The van der Waals surface area contributed by atoms with Crippen molar-refractivity contribution in [2.45, 2.75) is 13.0 Å². The number of carbonyl (C=O) groups excluding carboxylic acids is 1. The van der Waals surface area contributed by atoms with Gasteiger partial charge in [0.2, 0.25) is 0 Å². The lowest BCUT2D eigenvalue weighted by atomic mass is 10.0. The van der Waals surface area contributed by atoms with Crippen LogP contribution in [0, 0.1) is 0 Å². The monoisotopic (exact) mass is 321 g/mol. The molecule has 0 aliphatic carbocycles. The molecule has 0 saturated carbocycles. The van der Waals surface area contributed by atoms with Gasteiger partial charge in [0.05, 0.1) is 10.0 Å². The molecule has 0 spiro atoms. The molecule has 0 unspecified atom stereocenters. The Kier molecular flexibility index (Phi) is 3.99. The van der Waals surface area contributed by atoms with E-state index in [-0.39, 0.29) is 6.03 Å². The Hall–Kier alpha value is -1.78. The SMILES string of the molecule is O=C(Nc1ccc(Cl)c(Cl)c1)N1CCc2ccncc2C1. The van der Waals surface area contributed by atoms with Gasteiger partial charge in [0.15, 0.2) is 0 Å². The second-order valence-corrected chi connectivity index (χ2v) is 5.69. The van der Waals surface area contributed by atoms with Gasteiger partial charge in [-0.25, -0.2) is 4.79 Å². The van der Waals surface area contributed by atoms with E-state index in [4.69, 9.17) is 23.2 Å². The van der Waals surface area contributed by atoms with Gasteiger partial charge < -0.3 is 10.2 Å². The first-order valence-corrected chi connectivity index (χ1v) is 7.32. The van der Waals surface area contributed by atoms with Crippen LogP contribution in [-0.4, -0.2) is 22.5 Å². The van der Waals surface area contributed by atoms with Crippen molar-refractivity contribution in [3.05, 3.63) is 57.8 Å². The van der Waals surface area contributed by atoms with E-state index in [1.54, 1.807) is 29.3 Å². The molecule has 0 radical (unpaired) electrons. The fourth-order valence-electron chi connectivity index (χ4n) is 2.33. The summed E-state index contributed by atoms with van der Waals surface area (Å²) in [7, 11) is 0. The molecule has 4 nitrogen and oxygen atoms in total. The molecule has 1 N–H and O–H groups in total. The second kappa shape index (κ2) is 5.92. The molecule has 2 aromatic rings. The Labute approximate surface area is 132 Å². The standard InChI is InChI=1S/C15H13Cl2N3O/c16-13-2-1-12(7-14(13)17)19-15(21)20-6-4-10-3-5-18-8-11(10)9-20/h1-3,5,7-8H,4,6,9H2,(H,19,21). The number of nitrogens with zero attached hydrogens (tertiary/aromatic N) is 2. The molecule has 0 saturated heterocycles. The van der Waals surface area contributed by atoms with Crippen LogP contribution in [0.2, 0.25) is 10.0 Å². The van der Waals surface area contributed by atoms with E-state index in [1.807, 2.05) is 12.3 Å². The van der Waals surface area contributed by atoms with E-state index < -0.39 is 0 Å². The summed E-state index contributed by atoms with van der Waals surface area (Å²) in [6.07, 6.45) is 4.44. The molecule has 1 aliphatic heterocycles. The molecule has 2 amide bonds. The number of rotatable bonds is 1. The van der Waals surface area contributed by atoms with Crippen molar-refractivity contribution >= 4 is 34.9 Å². The molecule has 0 bridgehead atoms. The maximum Gasteiger partial charge on any atom is 0.322 e. The smallest absolute Gasteiger partial charge is 0.320 e. The Morgan fingerprint density at radius 1 is 1.19 bits per heavy atom. The zero-order valence-corrected chi connectivity index (χ0v) is 12.7. The predicted molar refractivity (Wildman–Crippen MR) is 83.8 cm³/mol. The van der Waals surface area contributed by atoms with E-state index in [0.717, 1.165) is 12.0 Å². The van der Waals surface area contributed by atoms with Gasteiger partial charge >= 0.3 is 6.03 Å². The molecule has 108 valence electrons. The van der Waals surface area contributed by atoms with Crippen LogP contribution >= 0.6 is 23.2 Å². The average molecular weight is 322 g/mol. The summed E-state index contributed by atoms with van der Waals surface area (Å²) in [6.45, 7) is 1.25. The molecular weight excluding hydrogens is 309 g/mol. The molecule has 3 rings (SSSR count). The largest absolute Gasteiger partial charge is 0.322 e. The predicted octanol–water partition coefficient (Wildman–Crippen LogP) is 3.98. The molecule has 21 heavy (non-hydrogen) atoms. The Bertz CT molecular complexity index is 690. The second-order valence-electron chi connectivity index (χ2n) is 4.87. The molecular formula is C15H13Cl2N3O. The minimum Gasteiger partial charge on any atom is -0.320 e. The van der Waals surface area contributed by atoms with Crippen LogP contribution in [0.3, 0.4) is 0 Å². The maximum absolute atomic E-state index is 12.3. The Balaban J connectivity index is 1.70. The lowest BCUT2D eigenvalue weighted by Crippen LogP contribution is -2.38. The lowest BCUT2D eigenvalue weighted by Gasteiger charge is -2.28. The van der Waals surface area contributed by atoms with Crippen molar-refractivity contribution in [2.24, 2.45) is 0 Å². The maximum atomic E-state index is 12.3. The zero-order valence-electron chi connectivity index (χ0n) is 11.1. The van der Waals surface area contributed by atoms with Crippen LogP contribution in [0.4, 0.5) is 10.5 Å². The molecule has 0 atom stereocenters. The highest BCUT2D eigenvalue weighted by molar-refractivity contribution is 6.42. The summed E-state index contributed by atoms with van der Waals surface area (Å²) in [5.74, 6) is 0. The Morgan fingerprint density at radius 3 is 2.86 bits per heavy atom. The number of pyridine rings is 1. The van der Waals surface area contributed by atoms with E-state index in [2.05, 4.69) is 10.3 Å². The molecule has 0 fully saturated rings. The van der Waals surface area contributed by atoms with E-state index in [9.17, 15) is 4.79 Å². The highest BCUT2D eigenvalue weighted by Gasteiger charge is 2.20. The molecule has 2 heterocycles. The normalized spacial score (nSPS) is 13.7. The van der Waals surface area contributed by atoms with Crippen molar-refractivity contribution in [2.75, 3.05) is 11.9 Å². The summed E-state index contributed by atoms with van der Waals surface area (Å²) in [5.41, 5.74) is 2.98. The van der Waals surface area contributed by atoms with Gasteiger partial charge in [-0.2, -0.15) is 0 Å². The van der Waals surface area contributed by atoms with Gasteiger partial charge in [-0.15, -0.1) is 0 Å². The summed E-state index contributed by atoms with van der Waals surface area (Å²) in [4.78, 5) is 18.2. The van der Waals surface area contributed by atoms with Crippen molar-refractivity contribution in [3.63, 3.8) is 0 Å². The van der Waals surface area contributed by atoms with Crippen LogP contribution in [0.5, 0.6) is 0 Å². The molecule has 1 aliphatic rings. The molecule has 1 aromatic heterocycles. The zero-order chi connectivity index (χ0) is 14.8. The first-order valence-electron chi connectivity index (χ1n) is 6.56. The third-order valence-electron chi connectivity index (χ3n) is 3.47.